The van der Waals surface area contributed by atoms with Crippen molar-refractivity contribution in [2.45, 2.75) is 123 Å². The number of carboxylic acids is 1. The monoisotopic (exact) mass is 704 g/mol. The topological polar surface area (TPSA) is 141 Å². The molecule has 0 unspecified atom stereocenters. The maximum absolute atomic E-state index is 14.4. The summed E-state index contributed by atoms with van der Waals surface area (Å²) in [5, 5.41) is 9.47. The van der Waals surface area contributed by atoms with E-state index in [0.717, 1.165) is 6.42 Å². The number of ether oxygens (including phenoxy) is 5. The standard InChI is InChI=1S/C38H60N2O10/c1-11-19-40-22-24(2)21-38(7,46-10)33(26(4)32(43)37(5,6)36(45)47-23-28(40)17-18-30(41)42)50-35-31(29(39(8)9)20-25(3)48-35)49-34(44)27-15-13-12-14-16-27/h12-16,24-26,28-29,31,33,35H,11,17-23H2,1-10H3,(H,41,42)/t24-,25-,26+,28-,29+,31-,33-,35+,38-/m1/s1. The highest BCUT2D eigenvalue weighted by molar-refractivity contribution is 6.04. The molecular formula is C38H60N2O10. The van der Waals surface area contributed by atoms with Gasteiger partial charge in [-0.05, 0) is 92.1 Å². The number of methoxy groups -OCH3 is 1. The van der Waals surface area contributed by atoms with Gasteiger partial charge in [0.15, 0.2) is 18.2 Å². The minimum atomic E-state index is -1.56. The van der Waals surface area contributed by atoms with Crippen LogP contribution in [0.15, 0.2) is 30.3 Å². The van der Waals surface area contributed by atoms with Gasteiger partial charge in [0.25, 0.3) is 0 Å². The lowest BCUT2D eigenvalue weighted by atomic mass is 9.74. The Labute approximate surface area is 298 Å². The van der Waals surface area contributed by atoms with Gasteiger partial charge in [-0.15, -0.1) is 0 Å². The number of benzene rings is 1. The van der Waals surface area contributed by atoms with Crippen molar-refractivity contribution in [3.8, 4) is 0 Å². The van der Waals surface area contributed by atoms with Crippen LogP contribution < -0.4 is 0 Å². The Morgan fingerprint density at radius 1 is 1.08 bits per heavy atom. The number of hydrogen-bond donors (Lipinski definition) is 1. The van der Waals surface area contributed by atoms with Crippen molar-refractivity contribution in [1.29, 1.82) is 0 Å². The zero-order valence-corrected chi connectivity index (χ0v) is 31.7. The molecule has 0 aromatic heterocycles. The molecule has 0 bridgehead atoms. The number of likely N-dealkylation sites (N-methyl/N-ethyl adjacent to an activating group) is 1. The summed E-state index contributed by atoms with van der Waals surface area (Å²) in [6, 6.07) is 8.11. The van der Waals surface area contributed by atoms with Gasteiger partial charge in [-0.1, -0.05) is 39.0 Å². The minimum absolute atomic E-state index is 0.0101. The number of carbonyl (C=O) groups is 4. The van der Waals surface area contributed by atoms with Gasteiger partial charge in [0.1, 0.15) is 12.0 Å². The molecule has 1 N–H and O–H groups in total. The summed E-state index contributed by atoms with van der Waals surface area (Å²) in [7, 11) is 5.40. The third-order valence-corrected chi connectivity index (χ3v) is 10.3. The number of carboxylic acid groups (broad SMARTS) is 1. The lowest BCUT2D eigenvalue weighted by molar-refractivity contribution is -0.295. The molecule has 0 radical (unpaired) electrons. The molecule has 2 fully saturated rings. The van der Waals surface area contributed by atoms with Gasteiger partial charge in [0, 0.05) is 32.0 Å². The average molecular weight is 705 g/mol. The third-order valence-electron chi connectivity index (χ3n) is 10.3. The highest BCUT2D eigenvalue weighted by Crippen LogP contribution is 2.39. The van der Waals surface area contributed by atoms with Crippen LogP contribution in [0, 0.1) is 17.3 Å². The van der Waals surface area contributed by atoms with E-state index in [4.69, 9.17) is 23.7 Å². The molecular weight excluding hydrogens is 644 g/mol. The average Bonchev–Trinajstić information content (AvgIpc) is 3.06. The quantitative estimate of drug-likeness (QED) is 0.249. The van der Waals surface area contributed by atoms with E-state index < -0.39 is 59.1 Å². The largest absolute Gasteiger partial charge is 0.481 e. The molecule has 282 valence electrons. The fourth-order valence-electron chi connectivity index (χ4n) is 7.47. The summed E-state index contributed by atoms with van der Waals surface area (Å²) in [5.41, 5.74) is -2.24. The summed E-state index contributed by atoms with van der Waals surface area (Å²) in [5.74, 6) is -3.43. The number of rotatable bonds is 11. The van der Waals surface area contributed by atoms with E-state index in [-0.39, 0.29) is 37.1 Å². The van der Waals surface area contributed by atoms with Crippen molar-refractivity contribution in [3.63, 3.8) is 0 Å². The number of aliphatic carboxylic acids is 1. The van der Waals surface area contributed by atoms with Gasteiger partial charge in [-0.2, -0.15) is 0 Å². The predicted octanol–water partition coefficient (Wildman–Crippen LogP) is 4.83. The molecule has 1 aromatic rings. The fourth-order valence-corrected chi connectivity index (χ4v) is 7.47. The number of nitrogens with zero attached hydrogens (tertiary/aromatic N) is 2. The molecule has 12 heteroatoms. The molecule has 0 aliphatic carbocycles. The third kappa shape index (κ3) is 10.3. The molecule has 2 heterocycles. The van der Waals surface area contributed by atoms with E-state index in [2.05, 4.69) is 11.8 Å². The number of ketones is 1. The molecule has 12 nitrogen and oxygen atoms in total. The Hall–Kier alpha value is -2.90. The second-order valence-corrected chi connectivity index (χ2v) is 15.2. The highest BCUT2D eigenvalue weighted by Gasteiger charge is 2.52. The maximum atomic E-state index is 14.4. The molecule has 2 aliphatic heterocycles. The van der Waals surface area contributed by atoms with Crippen molar-refractivity contribution < 1.29 is 48.0 Å². The SMILES string of the molecule is CCCN1C[C@H](C)C[C@@](C)(OC)[C@H](O[C@@H]2O[C@H](C)C[C@H](N(C)C)[C@H]2OC(=O)c2ccccc2)[C@@H](C)C(=O)C(C)(C)C(=O)OC[C@H]1CCC(=O)O. The zero-order valence-electron chi connectivity index (χ0n) is 31.7. The summed E-state index contributed by atoms with van der Waals surface area (Å²) < 4.78 is 31.5. The van der Waals surface area contributed by atoms with E-state index in [1.807, 2.05) is 45.8 Å². The van der Waals surface area contributed by atoms with E-state index >= 15 is 0 Å². The van der Waals surface area contributed by atoms with E-state index in [1.54, 1.807) is 52.1 Å². The second kappa shape index (κ2) is 18.0. The van der Waals surface area contributed by atoms with Gasteiger partial charge in [0.2, 0.25) is 0 Å². The van der Waals surface area contributed by atoms with Crippen molar-refractivity contribution in [2.24, 2.45) is 17.3 Å². The first kappa shape index (κ1) is 41.5. The first-order valence-corrected chi connectivity index (χ1v) is 17.9. The van der Waals surface area contributed by atoms with Gasteiger partial charge in [-0.25, -0.2) is 4.79 Å². The number of cyclic esters (lactones) is 1. The van der Waals surface area contributed by atoms with E-state index in [0.29, 0.717) is 37.9 Å². The number of carbonyl (C=O) groups excluding carboxylic acids is 3. The van der Waals surface area contributed by atoms with Crippen LogP contribution in [0.2, 0.25) is 0 Å². The van der Waals surface area contributed by atoms with Gasteiger partial charge in [0.05, 0.1) is 29.4 Å². The fraction of sp³-hybridized carbons (Fsp3) is 0.737. The summed E-state index contributed by atoms with van der Waals surface area (Å²) in [4.78, 5) is 57.2. The Balaban J connectivity index is 2.09. The molecule has 9 atom stereocenters. The molecule has 0 amide bonds. The van der Waals surface area contributed by atoms with Crippen LogP contribution in [0.4, 0.5) is 0 Å². The molecule has 2 aliphatic rings. The highest BCUT2D eigenvalue weighted by atomic mass is 16.7. The van der Waals surface area contributed by atoms with Crippen LogP contribution in [0.25, 0.3) is 0 Å². The van der Waals surface area contributed by atoms with Crippen molar-refractivity contribution >= 4 is 23.7 Å². The van der Waals surface area contributed by atoms with Crippen LogP contribution >= 0.6 is 0 Å². The molecule has 50 heavy (non-hydrogen) atoms. The van der Waals surface area contributed by atoms with Crippen LogP contribution in [-0.4, -0.2) is 122 Å². The molecule has 0 saturated carbocycles. The number of hydrogen-bond acceptors (Lipinski definition) is 11. The van der Waals surface area contributed by atoms with Gasteiger partial charge in [-0.3, -0.25) is 19.3 Å². The lowest BCUT2D eigenvalue weighted by Crippen LogP contribution is -2.60. The van der Waals surface area contributed by atoms with Gasteiger partial charge >= 0.3 is 17.9 Å². The Morgan fingerprint density at radius 3 is 2.32 bits per heavy atom. The predicted molar refractivity (Wildman–Crippen MR) is 188 cm³/mol. The van der Waals surface area contributed by atoms with Crippen molar-refractivity contribution in [3.05, 3.63) is 35.9 Å². The number of esters is 2. The molecule has 0 spiro atoms. The van der Waals surface area contributed by atoms with Crippen molar-refractivity contribution in [1.82, 2.24) is 9.80 Å². The summed E-state index contributed by atoms with van der Waals surface area (Å²) in [6.45, 7) is 14.0. The maximum Gasteiger partial charge on any atom is 0.338 e. The molecule has 2 saturated heterocycles. The normalized spacial score (nSPS) is 33.1. The van der Waals surface area contributed by atoms with E-state index in [1.165, 1.54) is 0 Å². The first-order chi connectivity index (χ1) is 23.4. The van der Waals surface area contributed by atoms with E-state index in [9.17, 15) is 24.3 Å². The Morgan fingerprint density at radius 2 is 1.74 bits per heavy atom. The smallest absolute Gasteiger partial charge is 0.338 e. The van der Waals surface area contributed by atoms with Crippen LogP contribution in [0.5, 0.6) is 0 Å². The lowest BCUT2D eigenvalue weighted by Gasteiger charge is -2.48. The second-order valence-electron chi connectivity index (χ2n) is 15.2. The van der Waals surface area contributed by atoms with Crippen LogP contribution in [-0.2, 0) is 38.1 Å². The summed E-state index contributed by atoms with van der Waals surface area (Å²) >= 11 is 0. The van der Waals surface area contributed by atoms with Crippen molar-refractivity contribution in [2.75, 3.05) is 40.9 Å². The minimum Gasteiger partial charge on any atom is -0.481 e. The zero-order chi connectivity index (χ0) is 37.4. The first-order valence-electron chi connectivity index (χ1n) is 17.9. The molecule has 1 aromatic carbocycles. The van der Waals surface area contributed by atoms with Crippen LogP contribution in [0.3, 0.4) is 0 Å². The number of Topliss-reactive ketones (excluding diaryl/α,β-unsaturated/α-hetero) is 1. The molecule has 3 rings (SSSR count). The Kier molecular flexibility index (Phi) is 15.0. The van der Waals surface area contributed by atoms with Crippen LogP contribution in [0.1, 0.15) is 90.9 Å². The summed E-state index contributed by atoms with van der Waals surface area (Å²) in [6.07, 6.45) is -1.05. The Bertz CT molecular complexity index is 1290. The van der Waals surface area contributed by atoms with Gasteiger partial charge < -0.3 is 33.7 Å².